The predicted octanol–water partition coefficient (Wildman–Crippen LogP) is 3.31. The van der Waals surface area contributed by atoms with Crippen molar-refractivity contribution in [2.75, 3.05) is 26.2 Å². The first-order chi connectivity index (χ1) is 7.49. The molecule has 0 rings (SSSR count). The van der Waals surface area contributed by atoms with Gasteiger partial charge in [-0.25, -0.2) is 0 Å². The third kappa shape index (κ3) is 5.90. The van der Waals surface area contributed by atoms with Gasteiger partial charge in [0, 0.05) is 6.92 Å². The summed E-state index contributed by atoms with van der Waals surface area (Å²) in [6, 6.07) is 0. The summed E-state index contributed by atoms with van der Waals surface area (Å²) in [6.07, 6.45) is 2.45. The molecule has 0 aromatic heterocycles. The summed E-state index contributed by atoms with van der Waals surface area (Å²) in [4.78, 5) is 11.1. The lowest BCUT2D eigenvalue weighted by atomic mass is 10.2. The number of hydrogen-bond donors (Lipinski definition) is 0. The molecule has 0 fully saturated rings. The maximum absolute atomic E-state index is 11.1. The molecule has 0 saturated heterocycles. The molecule has 0 spiro atoms. The molecule has 0 radical (unpaired) electrons. The van der Waals surface area contributed by atoms with E-state index in [9.17, 15) is 4.79 Å². The zero-order valence-electron chi connectivity index (χ0n) is 11.6. The Labute approximate surface area is 105 Å². The van der Waals surface area contributed by atoms with Crippen LogP contribution in [0.15, 0.2) is 0 Å². The highest BCUT2D eigenvalue weighted by atomic mass is 32.2. The lowest BCUT2D eigenvalue weighted by Gasteiger charge is -2.39. The molecule has 0 aromatic rings. The van der Waals surface area contributed by atoms with Crippen LogP contribution in [0.1, 0.15) is 47.5 Å². The van der Waals surface area contributed by atoms with Gasteiger partial charge in [-0.2, -0.15) is 0 Å². The molecule has 2 nitrogen and oxygen atoms in total. The molecule has 1 unspecified atom stereocenters. The van der Waals surface area contributed by atoms with Crippen LogP contribution in [0.3, 0.4) is 0 Å². The summed E-state index contributed by atoms with van der Waals surface area (Å²) in [7, 11) is 0. The summed E-state index contributed by atoms with van der Waals surface area (Å²) in [5, 5.41) is 0.685. The Bertz CT molecular complexity index is 200. The van der Waals surface area contributed by atoms with Crippen molar-refractivity contribution in [3.8, 4) is 0 Å². The highest BCUT2D eigenvalue weighted by Crippen LogP contribution is 2.19. The van der Waals surface area contributed by atoms with Gasteiger partial charge in [0.25, 0.3) is 0 Å². The molecular weight excluding hydrogens is 218 g/mol. The van der Waals surface area contributed by atoms with Crippen LogP contribution in [0.2, 0.25) is 0 Å². The molecular formula is C13H28NOS+. The van der Waals surface area contributed by atoms with Crippen molar-refractivity contribution < 1.29 is 9.28 Å². The number of rotatable bonds is 8. The molecule has 0 heterocycles. The number of carbonyl (C=O) groups excluding carboxylic acids is 1. The van der Waals surface area contributed by atoms with Crippen LogP contribution in [0.25, 0.3) is 0 Å². The molecule has 16 heavy (non-hydrogen) atoms. The summed E-state index contributed by atoms with van der Waals surface area (Å²) in [6.45, 7) is 15.4. The molecule has 0 aliphatic heterocycles. The van der Waals surface area contributed by atoms with Gasteiger partial charge in [0.15, 0.2) is 5.12 Å². The number of nitrogens with zero attached hydrogens (tertiary/aromatic N) is 1. The minimum Gasteiger partial charge on any atom is -0.323 e. The highest BCUT2D eigenvalue weighted by Gasteiger charge is 2.26. The van der Waals surface area contributed by atoms with Gasteiger partial charge >= 0.3 is 0 Å². The monoisotopic (exact) mass is 246 g/mol. The van der Waals surface area contributed by atoms with Gasteiger partial charge in [0.1, 0.15) is 0 Å². The van der Waals surface area contributed by atoms with E-state index in [4.69, 9.17) is 0 Å². The van der Waals surface area contributed by atoms with E-state index in [-0.39, 0.29) is 5.12 Å². The SMILES string of the molecule is CCC[N+](CC)(CCC)CC(C)SC(C)=O. The van der Waals surface area contributed by atoms with Crippen LogP contribution < -0.4 is 0 Å². The molecule has 96 valence electrons. The standard InChI is InChI=1S/C13H28NOS/c1-6-9-14(8-3,10-7-2)11-12(4)16-13(5)15/h12H,6-11H2,1-5H3/q+1. The van der Waals surface area contributed by atoms with Crippen LogP contribution in [0, 0.1) is 0 Å². The average molecular weight is 246 g/mol. The molecule has 0 aromatic carbocycles. The van der Waals surface area contributed by atoms with E-state index in [0.29, 0.717) is 5.25 Å². The second-order valence-corrected chi connectivity index (χ2v) is 6.32. The third-order valence-corrected chi connectivity index (χ3v) is 3.96. The maximum atomic E-state index is 11.1. The second-order valence-electron chi connectivity index (χ2n) is 4.71. The van der Waals surface area contributed by atoms with E-state index in [1.165, 1.54) is 48.7 Å². The fourth-order valence-corrected chi connectivity index (χ4v) is 3.51. The van der Waals surface area contributed by atoms with Crippen molar-refractivity contribution in [3.63, 3.8) is 0 Å². The molecule has 0 amide bonds. The van der Waals surface area contributed by atoms with Gasteiger partial charge in [-0.1, -0.05) is 25.6 Å². The first-order valence-corrected chi connectivity index (χ1v) is 7.40. The largest absolute Gasteiger partial charge is 0.323 e. The highest BCUT2D eigenvalue weighted by molar-refractivity contribution is 8.14. The van der Waals surface area contributed by atoms with Crippen molar-refractivity contribution in [1.82, 2.24) is 0 Å². The van der Waals surface area contributed by atoms with Gasteiger partial charge in [0.05, 0.1) is 31.4 Å². The third-order valence-electron chi connectivity index (χ3n) is 3.08. The van der Waals surface area contributed by atoms with Crippen LogP contribution in [-0.2, 0) is 4.79 Å². The first kappa shape index (κ1) is 16.0. The zero-order valence-corrected chi connectivity index (χ0v) is 12.4. The lowest BCUT2D eigenvalue weighted by molar-refractivity contribution is -0.926. The van der Waals surface area contributed by atoms with Crippen LogP contribution in [0.5, 0.6) is 0 Å². The summed E-state index contributed by atoms with van der Waals surface area (Å²) in [5.41, 5.74) is 0. The van der Waals surface area contributed by atoms with Crippen molar-refractivity contribution in [1.29, 1.82) is 0 Å². The summed E-state index contributed by atoms with van der Waals surface area (Å²) < 4.78 is 1.18. The van der Waals surface area contributed by atoms with E-state index in [0.717, 1.165) is 6.54 Å². The average Bonchev–Trinajstić information content (AvgIpc) is 2.16. The molecule has 3 heteroatoms. The number of hydrogen-bond acceptors (Lipinski definition) is 2. The Kier molecular flexibility index (Phi) is 8.12. The minimum atomic E-state index is 0.245. The Balaban J connectivity index is 4.43. The van der Waals surface area contributed by atoms with Crippen LogP contribution >= 0.6 is 11.8 Å². The predicted molar refractivity (Wildman–Crippen MR) is 73.7 cm³/mol. The Morgan fingerprint density at radius 1 is 1.19 bits per heavy atom. The van der Waals surface area contributed by atoms with Gasteiger partial charge in [0.2, 0.25) is 0 Å². The number of carbonyl (C=O) groups is 1. The van der Waals surface area contributed by atoms with Crippen molar-refractivity contribution in [2.24, 2.45) is 0 Å². The smallest absolute Gasteiger partial charge is 0.186 e. The fraction of sp³-hybridized carbons (Fsp3) is 0.923. The lowest BCUT2D eigenvalue weighted by Crippen LogP contribution is -2.52. The van der Waals surface area contributed by atoms with Crippen LogP contribution in [-0.4, -0.2) is 41.0 Å². The first-order valence-electron chi connectivity index (χ1n) is 6.52. The molecule has 1 atom stereocenters. The quantitative estimate of drug-likeness (QED) is 0.611. The molecule has 0 aliphatic rings. The topological polar surface area (TPSA) is 17.1 Å². The van der Waals surface area contributed by atoms with Gasteiger partial charge in [-0.3, -0.25) is 4.79 Å². The zero-order chi connectivity index (χ0) is 12.6. The normalized spacial score (nSPS) is 13.8. The van der Waals surface area contributed by atoms with E-state index < -0.39 is 0 Å². The van der Waals surface area contributed by atoms with E-state index >= 15 is 0 Å². The van der Waals surface area contributed by atoms with Crippen molar-refractivity contribution in [2.45, 2.75) is 52.7 Å². The molecule has 0 bridgehead atoms. The van der Waals surface area contributed by atoms with E-state index in [1.807, 2.05) is 0 Å². The Morgan fingerprint density at radius 3 is 2.00 bits per heavy atom. The van der Waals surface area contributed by atoms with Gasteiger partial charge in [-0.05, 0) is 26.7 Å². The van der Waals surface area contributed by atoms with Gasteiger partial charge in [-0.15, -0.1) is 0 Å². The molecule has 0 aliphatic carbocycles. The fourth-order valence-electron chi connectivity index (χ4n) is 2.55. The summed E-state index contributed by atoms with van der Waals surface area (Å²) >= 11 is 1.49. The molecule has 0 N–H and O–H groups in total. The Hall–Kier alpha value is -0.0200. The molecule has 0 saturated carbocycles. The number of quaternary nitrogens is 1. The number of thioether (sulfide) groups is 1. The summed E-state index contributed by atoms with van der Waals surface area (Å²) in [5.74, 6) is 0. The Morgan fingerprint density at radius 2 is 1.69 bits per heavy atom. The van der Waals surface area contributed by atoms with Crippen molar-refractivity contribution >= 4 is 16.9 Å². The van der Waals surface area contributed by atoms with Gasteiger partial charge < -0.3 is 4.48 Å². The second kappa shape index (κ2) is 8.13. The van der Waals surface area contributed by atoms with E-state index in [2.05, 4.69) is 27.7 Å². The van der Waals surface area contributed by atoms with E-state index in [1.54, 1.807) is 6.92 Å². The van der Waals surface area contributed by atoms with Crippen molar-refractivity contribution in [3.05, 3.63) is 0 Å². The maximum Gasteiger partial charge on any atom is 0.186 e. The van der Waals surface area contributed by atoms with Crippen LogP contribution in [0.4, 0.5) is 0 Å². The minimum absolute atomic E-state index is 0.245.